The molecule has 0 aliphatic heterocycles. The van der Waals surface area contributed by atoms with Gasteiger partial charge in [0.25, 0.3) is 0 Å². The minimum Gasteiger partial charge on any atom is -0.337 e. The maximum atomic E-state index is 12.5. The molecule has 0 amide bonds. The van der Waals surface area contributed by atoms with Crippen LogP contribution < -0.4 is 0 Å². The van der Waals surface area contributed by atoms with Gasteiger partial charge in [-0.3, -0.25) is 0 Å². The Kier molecular flexibility index (Phi) is 3.37. The summed E-state index contributed by atoms with van der Waals surface area (Å²) in [5.74, 6) is -11.6. The fourth-order valence-corrected chi connectivity index (χ4v) is 0.581. The molecule has 1 atom stereocenters. The van der Waals surface area contributed by atoms with Gasteiger partial charge in [-0.15, -0.1) is 0 Å². The molecule has 0 aliphatic rings. The predicted octanol–water partition coefficient (Wildman–Crippen LogP) is 2.76. The summed E-state index contributed by atoms with van der Waals surface area (Å²) in [5, 5.41) is 0. The van der Waals surface area contributed by atoms with Gasteiger partial charge >= 0.3 is 24.4 Å². The molecule has 0 rings (SSSR count). The Bertz CT molecular complexity index is 198. The quantitative estimate of drug-likeness (QED) is 0.680. The normalized spacial score (nSPS) is 18.4. The third kappa shape index (κ3) is 1.77. The van der Waals surface area contributed by atoms with E-state index in [0.29, 0.717) is 0 Å². The molecule has 0 heterocycles. The average Bonchev–Trinajstić information content (AvgIpc) is 2.00. The number of hydrogen-bond donors (Lipinski definition) is 0. The Morgan fingerprint density at radius 3 is 1.36 bits per heavy atom. The molecule has 0 N–H and O–H groups in total. The first-order chi connectivity index (χ1) is 6.00. The van der Waals surface area contributed by atoms with Crippen molar-refractivity contribution in [2.75, 3.05) is 7.11 Å². The summed E-state index contributed by atoms with van der Waals surface area (Å²) >= 11 is 0. The largest absolute Gasteiger partial charge is 0.455 e. The van der Waals surface area contributed by atoms with Crippen LogP contribution in [0.3, 0.4) is 0 Å². The fourth-order valence-electron chi connectivity index (χ4n) is 0.581. The van der Waals surface area contributed by atoms with Crippen LogP contribution >= 0.6 is 0 Å². The maximum absolute atomic E-state index is 12.5. The zero-order valence-corrected chi connectivity index (χ0v) is 6.51. The number of methoxy groups -OCH3 is 1. The van der Waals surface area contributed by atoms with E-state index < -0.39 is 24.4 Å². The van der Waals surface area contributed by atoms with Gasteiger partial charge in [0.1, 0.15) is 0 Å². The van der Waals surface area contributed by atoms with Crippen molar-refractivity contribution < 1.29 is 39.9 Å². The van der Waals surface area contributed by atoms with Gasteiger partial charge in [-0.25, -0.2) is 8.78 Å². The summed E-state index contributed by atoms with van der Waals surface area (Å²) in [7, 11) is -0.0796. The summed E-state index contributed by atoms with van der Waals surface area (Å²) < 4.78 is 97.4. The highest BCUT2D eigenvalue weighted by atomic mass is 19.4. The molecule has 14 heavy (non-hydrogen) atoms. The van der Waals surface area contributed by atoms with E-state index in [1.807, 2.05) is 0 Å². The number of ether oxygens (including phenoxy) is 1. The van der Waals surface area contributed by atoms with Gasteiger partial charge in [0.15, 0.2) is 0 Å². The van der Waals surface area contributed by atoms with Crippen molar-refractivity contribution in [2.24, 2.45) is 0 Å². The first-order valence-electron chi connectivity index (χ1n) is 2.97. The van der Waals surface area contributed by atoms with E-state index in [9.17, 15) is 35.1 Å². The predicted molar refractivity (Wildman–Crippen MR) is 27.9 cm³/mol. The maximum Gasteiger partial charge on any atom is 0.455 e. The molecular formula is C5H4F8O. The highest BCUT2D eigenvalue weighted by Crippen LogP contribution is 2.48. The van der Waals surface area contributed by atoms with Gasteiger partial charge in [0, 0.05) is 7.11 Å². The lowest BCUT2D eigenvalue weighted by Crippen LogP contribution is -2.59. The molecule has 0 saturated carbocycles. The Hall–Kier alpha value is -0.600. The molecule has 0 radical (unpaired) electrons. The van der Waals surface area contributed by atoms with E-state index in [-0.39, 0.29) is 7.11 Å². The minimum atomic E-state index is -6.25. The summed E-state index contributed by atoms with van der Waals surface area (Å²) in [5.41, 5.74) is 0. The molecule has 0 spiro atoms. The number of rotatable bonds is 3. The smallest absolute Gasteiger partial charge is 0.337 e. The Morgan fingerprint density at radius 1 is 0.929 bits per heavy atom. The third-order valence-corrected chi connectivity index (χ3v) is 1.35. The minimum absolute atomic E-state index is 0.0796. The second-order valence-electron chi connectivity index (χ2n) is 2.22. The van der Waals surface area contributed by atoms with Crippen LogP contribution in [-0.2, 0) is 4.74 Å². The summed E-state index contributed by atoms with van der Waals surface area (Å²) in [6.07, 6.45) is -11.1. The van der Waals surface area contributed by atoms with Crippen molar-refractivity contribution in [3.05, 3.63) is 0 Å². The van der Waals surface area contributed by atoms with E-state index in [1.165, 1.54) is 0 Å². The second-order valence-corrected chi connectivity index (χ2v) is 2.22. The summed E-state index contributed by atoms with van der Waals surface area (Å²) in [4.78, 5) is 0. The van der Waals surface area contributed by atoms with E-state index >= 15 is 0 Å². The molecule has 0 saturated heterocycles. The Balaban J connectivity index is 5.25. The van der Waals surface area contributed by atoms with E-state index in [2.05, 4.69) is 4.74 Å². The molecule has 86 valence electrons. The van der Waals surface area contributed by atoms with Crippen molar-refractivity contribution in [3.63, 3.8) is 0 Å². The van der Waals surface area contributed by atoms with E-state index in [0.717, 1.165) is 0 Å². The van der Waals surface area contributed by atoms with Gasteiger partial charge in [0.05, 0.1) is 0 Å². The van der Waals surface area contributed by atoms with E-state index in [1.54, 1.807) is 0 Å². The van der Waals surface area contributed by atoms with Gasteiger partial charge in [-0.1, -0.05) is 0 Å². The topological polar surface area (TPSA) is 9.23 Å². The molecule has 9 heteroatoms. The monoisotopic (exact) mass is 232 g/mol. The lowest BCUT2D eigenvalue weighted by molar-refractivity contribution is -0.410. The second kappa shape index (κ2) is 3.52. The van der Waals surface area contributed by atoms with Gasteiger partial charge < -0.3 is 4.74 Å². The number of alkyl halides is 8. The zero-order chi connectivity index (χ0) is 11.8. The highest BCUT2D eigenvalue weighted by Gasteiger charge is 2.76. The number of halogens is 8. The van der Waals surface area contributed by atoms with Crippen molar-refractivity contribution in [2.45, 2.75) is 24.4 Å². The lowest BCUT2D eigenvalue weighted by Gasteiger charge is -2.32. The first kappa shape index (κ1) is 13.4. The standard InChI is InChI=1S/C5H4F8O/c1-14-4(10,5(11,12)13)3(8,9)2(6)7/h2H,1H3. The van der Waals surface area contributed by atoms with Gasteiger partial charge in [-0.05, 0) is 0 Å². The van der Waals surface area contributed by atoms with Gasteiger partial charge in [-0.2, -0.15) is 26.3 Å². The zero-order valence-electron chi connectivity index (χ0n) is 6.51. The van der Waals surface area contributed by atoms with E-state index in [4.69, 9.17) is 0 Å². The van der Waals surface area contributed by atoms with Crippen LogP contribution in [0.2, 0.25) is 0 Å². The molecular weight excluding hydrogens is 228 g/mol. The highest BCUT2D eigenvalue weighted by molar-refractivity contribution is 4.93. The van der Waals surface area contributed by atoms with Crippen LogP contribution in [0.4, 0.5) is 35.1 Å². The molecule has 0 fully saturated rings. The Morgan fingerprint density at radius 2 is 1.29 bits per heavy atom. The van der Waals surface area contributed by atoms with Crippen LogP contribution in [0, 0.1) is 0 Å². The van der Waals surface area contributed by atoms with Crippen LogP contribution in [0.25, 0.3) is 0 Å². The third-order valence-electron chi connectivity index (χ3n) is 1.35. The molecule has 1 unspecified atom stereocenters. The van der Waals surface area contributed by atoms with Crippen LogP contribution in [0.1, 0.15) is 0 Å². The first-order valence-corrected chi connectivity index (χ1v) is 2.97. The SMILES string of the molecule is COC(F)(C(F)(F)F)C(F)(F)C(F)F. The summed E-state index contributed by atoms with van der Waals surface area (Å²) in [6.45, 7) is 0. The summed E-state index contributed by atoms with van der Waals surface area (Å²) in [6, 6.07) is 0. The van der Waals surface area contributed by atoms with Crippen LogP contribution in [-0.4, -0.2) is 31.5 Å². The average molecular weight is 232 g/mol. The molecule has 0 bridgehead atoms. The van der Waals surface area contributed by atoms with Crippen LogP contribution in [0.15, 0.2) is 0 Å². The number of hydrogen-bond acceptors (Lipinski definition) is 1. The van der Waals surface area contributed by atoms with Crippen molar-refractivity contribution in [1.82, 2.24) is 0 Å². The Labute approximate surface area is 72.6 Å². The molecule has 1 nitrogen and oxygen atoms in total. The molecule has 0 aromatic rings. The van der Waals surface area contributed by atoms with Crippen molar-refractivity contribution >= 4 is 0 Å². The molecule has 0 aromatic heterocycles. The lowest BCUT2D eigenvalue weighted by atomic mass is 10.1. The molecule has 0 aromatic carbocycles. The van der Waals surface area contributed by atoms with Crippen molar-refractivity contribution in [1.29, 1.82) is 0 Å². The van der Waals surface area contributed by atoms with Gasteiger partial charge in [0.2, 0.25) is 0 Å². The fraction of sp³-hybridized carbons (Fsp3) is 1.00. The molecule has 0 aliphatic carbocycles. The van der Waals surface area contributed by atoms with Crippen molar-refractivity contribution in [3.8, 4) is 0 Å². The van der Waals surface area contributed by atoms with Crippen LogP contribution in [0.5, 0.6) is 0 Å².